The molecule has 0 aliphatic rings. The normalized spacial score (nSPS) is 13.6. The van der Waals surface area contributed by atoms with E-state index in [0.29, 0.717) is 6.42 Å². The molecule has 0 bridgehead atoms. The van der Waals surface area contributed by atoms with E-state index in [-0.39, 0.29) is 11.5 Å². The third kappa shape index (κ3) is 6.16. The van der Waals surface area contributed by atoms with Crippen LogP contribution in [0.2, 0.25) is 0 Å². The second-order valence-electron chi connectivity index (χ2n) is 5.02. The Morgan fingerprint density at radius 3 is 2.48 bits per heavy atom. The summed E-state index contributed by atoms with van der Waals surface area (Å²) in [6.07, 6.45) is 2.26. The number of carbonyl (C=O) groups is 1. The topological polar surface area (TPSA) is 80.4 Å². The van der Waals surface area contributed by atoms with Crippen LogP contribution in [0.5, 0.6) is 0 Å². The molecule has 1 aromatic rings. The van der Waals surface area contributed by atoms with Gasteiger partial charge in [-0.05, 0) is 18.9 Å². The number of aryl methyl sites for hydroxylation is 1. The number of unbranched alkanes of at least 4 members (excludes halogenated alkanes) is 1. The van der Waals surface area contributed by atoms with Crippen LogP contribution in [0.3, 0.4) is 0 Å². The number of carboxylic acid groups (broad SMARTS) is 1. The van der Waals surface area contributed by atoms with Gasteiger partial charge < -0.3 is 5.11 Å². The highest BCUT2D eigenvalue weighted by Crippen LogP contribution is 2.34. The van der Waals surface area contributed by atoms with Gasteiger partial charge in [0.25, 0.3) is 0 Å². The number of nitro groups is 1. The Morgan fingerprint density at radius 2 is 2.00 bits per heavy atom. The number of hydrogen-bond donors (Lipinski definition) is 1. The van der Waals surface area contributed by atoms with Gasteiger partial charge in [-0.3, -0.25) is 14.9 Å². The molecule has 116 valence electrons. The number of thioether (sulfide) groups is 1. The van der Waals surface area contributed by atoms with Crippen molar-refractivity contribution < 1.29 is 14.8 Å². The molecule has 0 heterocycles. The van der Waals surface area contributed by atoms with E-state index in [1.54, 1.807) is 0 Å². The monoisotopic (exact) mass is 311 g/mol. The van der Waals surface area contributed by atoms with E-state index < -0.39 is 16.5 Å². The minimum atomic E-state index is -0.895. The lowest BCUT2D eigenvalue weighted by Gasteiger charge is -2.18. The lowest BCUT2D eigenvalue weighted by atomic mass is 10.1. The highest BCUT2D eigenvalue weighted by molar-refractivity contribution is 8.00. The van der Waals surface area contributed by atoms with Crippen LogP contribution in [0.4, 0.5) is 0 Å². The van der Waals surface area contributed by atoms with Crippen LogP contribution < -0.4 is 0 Å². The first-order valence-electron chi connectivity index (χ1n) is 7.00. The van der Waals surface area contributed by atoms with Gasteiger partial charge in [0.1, 0.15) is 5.25 Å². The van der Waals surface area contributed by atoms with Crippen molar-refractivity contribution in [3.05, 3.63) is 45.5 Å². The van der Waals surface area contributed by atoms with Gasteiger partial charge in [-0.2, -0.15) is 0 Å². The van der Waals surface area contributed by atoms with Gasteiger partial charge in [0.15, 0.2) is 0 Å². The van der Waals surface area contributed by atoms with Crippen molar-refractivity contribution in [2.75, 3.05) is 6.54 Å². The average molecular weight is 311 g/mol. The lowest BCUT2D eigenvalue weighted by Crippen LogP contribution is -2.21. The van der Waals surface area contributed by atoms with Crippen LogP contribution >= 0.6 is 11.8 Å². The molecule has 0 spiro atoms. The SMILES string of the molecule is CCCCC(SC(C[N+](=O)[O-])c1ccc(C)cc1)C(=O)O. The zero-order chi connectivity index (χ0) is 15.8. The summed E-state index contributed by atoms with van der Waals surface area (Å²) in [6, 6.07) is 7.47. The van der Waals surface area contributed by atoms with Gasteiger partial charge in [-0.25, -0.2) is 0 Å². The van der Waals surface area contributed by atoms with Crippen LogP contribution in [0, 0.1) is 17.0 Å². The molecule has 0 saturated heterocycles. The predicted molar refractivity (Wildman–Crippen MR) is 84.3 cm³/mol. The molecule has 0 amide bonds. The summed E-state index contributed by atoms with van der Waals surface area (Å²) in [5.74, 6) is -0.895. The molecule has 1 aromatic carbocycles. The molecule has 2 atom stereocenters. The van der Waals surface area contributed by atoms with E-state index in [2.05, 4.69) is 0 Å². The Morgan fingerprint density at radius 1 is 1.38 bits per heavy atom. The highest BCUT2D eigenvalue weighted by atomic mass is 32.2. The molecule has 1 N–H and O–H groups in total. The Hall–Kier alpha value is -1.56. The largest absolute Gasteiger partial charge is 0.480 e. The van der Waals surface area contributed by atoms with Crippen molar-refractivity contribution in [3.8, 4) is 0 Å². The molecular formula is C15H21NO4S. The number of hydrogen-bond acceptors (Lipinski definition) is 4. The maximum Gasteiger partial charge on any atom is 0.316 e. The number of carboxylic acids is 1. The molecule has 5 nitrogen and oxygen atoms in total. The highest BCUT2D eigenvalue weighted by Gasteiger charge is 2.27. The Bertz CT molecular complexity index is 475. The zero-order valence-electron chi connectivity index (χ0n) is 12.3. The van der Waals surface area contributed by atoms with E-state index in [1.807, 2.05) is 38.1 Å². The van der Waals surface area contributed by atoms with Crippen molar-refractivity contribution in [2.45, 2.75) is 43.6 Å². The van der Waals surface area contributed by atoms with Crippen molar-refractivity contribution >= 4 is 17.7 Å². The van der Waals surface area contributed by atoms with E-state index >= 15 is 0 Å². The summed E-state index contributed by atoms with van der Waals surface area (Å²) in [5.41, 5.74) is 1.88. The van der Waals surface area contributed by atoms with Crippen LogP contribution in [0.25, 0.3) is 0 Å². The minimum Gasteiger partial charge on any atom is -0.480 e. The van der Waals surface area contributed by atoms with Crippen molar-refractivity contribution in [1.29, 1.82) is 0 Å². The lowest BCUT2D eigenvalue weighted by molar-refractivity contribution is -0.479. The first kappa shape index (κ1) is 17.5. The second kappa shape index (κ2) is 8.67. The van der Waals surface area contributed by atoms with E-state index in [1.165, 1.54) is 11.8 Å². The third-order valence-corrected chi connectivity index (χ3v) is 4.70. The molecule has 0 fully saturated rings. The molecular weight excluding hydrogens is 290 g/mol. The van der Waals surface area contributed by atoms with Gasteiger partial charge in [0.05, 0.1) is 5.25 Å². The van der Waals surface area contributed by atoms with Gasteiger partial charge in [0.2, 0.25) is 6.54 Å². The fourth-order valence-electron chi connectivity index (χ4n) is 1.98. The predicted octanol–water partition coefficient (Wildman–Crippen LogP) is 3.69. The summed E-state index contributed by atoms with van der Waals surface area (Å²) in [4.78, 5) is 21.8. The summed E-state index contributed by atoms with van der Waals surface area (Å²) in [6.45, 7) is 3.68. The number of benzene rings is 1. The van der Waals surface area contributed by atoms with E-state index in [0.717, 1.165) is 24.0 Å². The molecule has 6 heteroatoms. The first-order valence-corrected chi connectivity index (χ1v) is 7.95. The fourth-order valence-corrected chi connectivity index (χ4v) is 3.32. The smallest absolute Gasteiger partial charge is 0.316 e. The van der Waals surface area contributed by atoms with E-state index in [4.69, 9.17) is 0 Å². The number of aliphatic carboxylic acids is 1. The van der Waals surface area contributed by atoms with Gasteiger partial charge in [0, 0.05) is 4.92 Å². The van der Waals surface area contributed by atoms with Crippen LogP contribution in [-0.4, -0.2) is 27.8 Å². The third-order valence-electron chi connectivity index (χ3n) is 3.19. The zero-order valence-corrected chi connectivity index (χ0v) is 13.1. The minimum absolute atomic E-state index is 0.260. The van der Waals surface area contributed by atoms with Crippen LogP contribution in [0.15, 0.2) is 24.3 Å². The molecule has 0 aliphatic carbocycles. The summed E-state index contributed by atoms with van der Waals surface area (Å²) in [7, 11) is 0. The molecule has 0 aliphatic heterocycles. The fraction of sp³-hybridized carbons (Fsp3) is 0.533. The first-order chi connectivity index (χ1) is 9.93. The molecule has 0 aromatic heterocycles. The molecule has 21 heavy (non-hydrogen) atoms. The maximum absolute atomic E-state index is 11.3. The molecule has 0 saturated carbocycles. The molecule has 0 radical (unpaired) electrons. The summed E-state index contributed by atoms with van der Waals surface area (Å²) in [5, 5.41) is 19.1. The summed E-state index contributed by atoms with van der Waals surface area (Å²) < 4.78 is 0. The van der Waals surface area contributed by atoms with Gasteiger partial charge >= 0.3 is 5.97 Å². The van der Waals surface area contributed by atoms with Crippen LogP contribution in [0.1, 0.15) is 42.6 Å². The average Bonchev–Trinajstić information content (AvgIpc) is 2.42. The maximum atomic E-state index is 11.3. The van der Waals surface area contributed by atoms with Crippen molar-refractivity contribution in [1.82, 2.24) is 0 Å². The van der Waals surface area contributed by atoms with Gasteiger partial charge in [-0.15, -0.1) is 11.8 Å². The summed E-state index contributed by atoms with van der Waals surface area (Å²) >= 11 is 1.18. The molecule has 1 rings (SSSR count). The second-order valence-corrected chi connectivity index (χ2v) is 6.43. The number of rotatable bonds is 9. The quantitative estimate of drug-likeness (QED) is 0.555. The van der Waals surface area contributed by atoms with Crippen LogP contribution in [-0.2, 0) is 4.79 Å². The Labute approximate surface area is 128 Å². The number of nitrogens with zero attached hydrogens (tertiary/aromatic N) is 1. The molecule has 2 unspecified atom stereocenters. The van der Waals surface area contributed by atoms with E-state index in [9.17, 15) is 20.0 Å². The van der Waals surface area contributed by atoms with Crippen molar-refractivity contribution in [3.63, 3.8) is 0 Å². The standard InChI is InChI=1S/C15H21NO4S/c1-3-4-5-13(15(17)18)21-14(10-16(19)20)12-8-6-11(2)7-9-12/h6-9,13-14H,3-5,10H2,1-2H3,(H,17,18). The Kier molecular flexibility index (Phi) is 7.22. The van der Waals surface area contributed by atoms with Gasteiger partial charge in [-0.1, -0.05) is 49.6 Å². The van der Waals surface area contributed by atoms with Crippen molar-refractivity contribution in [2.24, 2.45) is 0 Å². The Balaban J connectivity index is 2.87.